The fourth-order valence-corrected chi connectivity index (χ4v) is 1.97. The van der Waals surface area contributed by atoms with Crippen LogP contribution in [0.1, 0.15) is 18.1 Å². The molecule has 20 heavy (non-hydrogen) atoms. The third-order valence-corrected chi connectivity index (χ3v) is 3.00. The summed E-state index contributed by atoms with van der Waals surface area (Å²) in [6, 6.07) is 5.00. The summed E-state index contributed by atoms with van der Waals surface area (Å²) < 4.78 is 39.0. The first-order chi connectivity index (χ1) is 9.41. The zero-order valence-electron chi connectivity index (χ0n) is 10.7. The molecule has 1 heterocycles. The van der Waals surface area contributed by atoms with Crippen molar-refractivity contribution in [3.05, 3.63) is 46.7 Å². The van der Waals surface area contributed by atoms with Gasteiger partial charge in [0.05, 0.1) is 17.4 Å². The molecule has 108 valence electrons. The molecule has 0 saturated heterocycles. The van der Waals surface area contributed by atoms with Gasteiger partial charge in [0.15, 0.2) is 0 Å². The van der Waals surface area contributed by atoms with Crippen LogP contribution in [0.15, 0.2) is 30.6 Å². The highest BCUT2D eigenvalue weighted by atomic mass is 35.5. The SMILES string of the molecule is CCNCc1cc(Cl)ccc1-n1cc(C(F)(F)F)cn1. The molecule has 3 nitrogen and oxygen atoms in total. The number of benzene rings is 1. The molecule has 2 rings (SSSR count). The van der Waals surface area contributed by atoms with Crippen LogP contribution in [0.2, 0.25) is 5.02 Å². The van der Waals surface area contributed by atoms with Gasteiger partial charge in [0, 0.05) is 17.8 Å². The van der Waals surface area contributed by atoms with Crippen molar-refractivity contribution in [2.75, 3.05) is 6.54 Å². The Morgan fingerprint density at radius 3 is 2.70 bits per heavy atom. The highest BCUT2D eigenvalue weighted by Crippen LogP contribution is 2.29. The largest absolute Gasteiger partial charge is 0.419 e. The average molecular weight is 304 g/mol. The minimum Gasteiger partial charge on any atom is -0.313 e. The van der Waals surface area contributed by atoms with Crippen LogP contribution in [0, 0.1) is 0 Å². The third-order valence-electron chi connectivity index (χ3n) is 2.76. The highest BCUT2D eigenvalue weighted by molar-refractivity contribution is 6.30. The van der Waals surface area contributed by atoms with E-state index in [2.05, 4.69) is 10.4 Å². The predicted molar refractivity (Wildman–Crippen MR) is 71.0 cm³/mol. The van der Waals surface area contributed by atoms with E-state index in [1.807, 2.05) is 6.92 Å². The Kier molecular flexibility index (Phi) is 4.35. The summed E-state index contributed by atoms with van der Waals surface area (Å²) in [7, 11) is 0. The monoisotopic (exact) mass is 303 g/mol. The summed E-state index contributed by atoms with van der Waals surface area (Å²) in [4.78, 5) is 0. The molecule has 1 aromatic carbocycles. The normalized spacial score (nSPS) is 11.8. The molecule has 2 aromatic rings. The maximum absolute atomic E-state index is 12.6. The van der Waals surface area contributed by atoms with Crippen LogP contribution in [-0.2, 0) is 12.7 Å². The van der Waals surface area contributed by atoms with E-state index in [4.69, 9.17) is 11.6 Å². The molecule has 7 heteroatoms. The number of nitrogens with one attached hydrogen (secondary N) is 1. The molecule has 0 unspecified atom stereocenters. The van der Waals surface area contributed by atoms with E-state index in [9.17, 15) is 13.2 Å². The summed E-state index contributed by atoms with van der Waals surface area (Å²) in [5, 5.41) is 7.43. The lowest BCUT2D eigenvalue weighted by atomic mass is 10.1. The van der Waals surface area contributed by atoms with Crippen molar-refractivity contribution in [1.29, 1.82) is 0 Å². The molecule has 0 bridgehead atoms. The Morgan fingerprint density at radius 2 is 2.10 bits per heavy atom. The summed E-state index contributed by atoms with van der Waals surface area (Å²) in [6.07, 6.45) is -2.61. The number of hydrogen-bond acceptors (Lipinski definition) is 2. The molecule has 0 atom stereocenters. The van der Waals surface area contributed by atoms with Gasteiger partial charge in [-0.3, -0.25) is 0 Å². The Labute approximate surface area is 119 Å². The molecule has 1 aromatic heterocycles. The Hall–Kier alpha value is -1.53. The van der Waals surface area contributed by atoms with Gasteiger partial charge in [-0.15, -0.1) is 0 Å². The molecule has 0 spiro atoms. The maximum atomic E-state index is 12.6. The van der Waals surface area contributed by atoms with Gasteiger partial charge in [-0.2, -0.15) is 18.3 Å². The number of aromatic nitrogens is 2. The molecular formula is C13H13ClF3N3. The number of rotatable bonds is 4. The summed E-state index contributed by atoms with van der Waals surface area (Å²) in [5.41, 5.74) is 0.587. The number of alkyl halides is 3. The van der Waals surface area contributed by atoms with Gasteiger partial charge in [-0.05, 0) is 30.3 Å². The lowest BCUT2D eigenvalue weighted by Gasteiger charge is -2.10. The van der Waals surface area contributed by atoms with Crippen LogP contribution in [-0.4, -0.2) is 16.3 Å². The molecule has 1 N–H and O–H groups in total. The van der Waals surface area contributed by atoms with Gasteiger partial charge in [0.25, 0.3) is 0 Å². The standard InChI is InChI=1S/C13H13ClF3N3/c1-2-18-6-9-5-11(14)3-4-12(9)20-8-10(7-19-20)13(15,16)17/h3-5,7-8,18H,2,6H2,1H3. The summed E-state index contributed by atoms with van der Waals surface area (Å²) >= 11 is 5.92. The molecule has 0 aliphatic heterocycles. The van der Waals surface area contributed by atoms with Crippen molar-refractivity contribution in [2.45, 2.75) is 19.6 Å². The second kappa shape index (κ2) is 5.85. The smallest absolute Gasteiger partial charge is 0.313 e. The first-order valence-corrected chi connectivity index (χ1v) is 6.41. The van der Waals surface area contributed by atoms with E-state index in [0.29, 0.717) is 17.3 Å². The van der Waals surface area contributed by atoms with Gasteiger partial charge in [0.2, 0.25) is 0 Å². The van der Waals surface area contributed by atoms with Crippen molar-refractivity contribution in [2.24, 2.45) is 0 Å². The minimum atomic E-state index is -4.40. The number of halogens is 4. The van der Waals surface area contributed by atoms with E-state index in [1.165, 1.54) is 4.68 Å². The molecule has 0 aliphatic carbocycles. The van der Waals surface area contributed by atoms with Crippen LogP contribution < -0.4 is 5.32 Å². The van der Waals surface area contributed by atoms with Crippen LogP contribution in [0.3, 0.4) is 0 Å². The Balaban J connectivity index is 2.39. The van der Waals surface area contributed by atoms with Gasteiger partial charge in [-0.1, -0.05) is 18.5 Å². The second-order valence-corrected chi connectivity index (χ2v) is 4.66. The zero-order valence-corrected chi connectivity index (χ0v) is 11.5. The van der Waals surface area contributed by atoms with E-state index in [1.54, 1.807) is 18.2 Å². The third kappa shape index (κ3) is 3.32. The average Bonchev–Trinajstić information content (AvgIpc) is 2.85. The van der Waals surface area contributed by atoms with E-state index >= 15 is 0 Å². The summed E-state index contributed by atoms with van der Waals surface area (Å²) in [5.74, 6) is 0. The highest BCUT2D eigenvalue weighted by Gasteiger charge is 2.32. The number of hydrogen-bond donors (Lipinski definition) is 1. The van der Waals surface area contributed by atoms with Crippen LogP contribution in [0.4, 0.5) is 13.2 Å². The first kappa shape index (κ1) is 14.9. The maximum Gasteiger partial charge on any atom is 0.419 e. The van der Waals surface area contributed by atoms with Crippen molar-refractivity contribution in [3.63, 3.8) is 0 Å². The van der Waals surface area contributed by atoms with Crippen LogP contribution in [0.5, 0.6) is 0 Å². The van der Waals surface area contributed by atoms with Crippen molar-refractivity contribution in [3.8, 4) is 5.69 Å². The fraction of sp³-hybridized carbons (Fsp3) is 0.308. The molecule has 0 saturated carbocycles. The van der Waals surface area contributed by atoms with Gasteiger partial charge in [-0.25, -0.2) is 4.68 Å². The van der Waals surface area contributed by atoms with Gasteiger partial charge in [0.1, 0.15) is 0 Å². The van der Waals surface area contributed by atoms with E-state index < -0.39 is 11.7 Å². The van der Waals surface area contributed by atoms with Gasteiger partial charge >= 0.3 is 6.18 Å². The molecular weight excluding hydrogens is 291 g/mol. The summed E-state index contributed by atoms with van der Waals surface area (Å²) in [6.45, 7) is 3.20. The van der Waals surface area contributed by atoms with E-state index in [-0.39, 0.29) is 0 Å². The van der Waals surface area contributed by atoms with Crippen molar-refractivity contribution < 1.29 is 13.2 Å². The Bertz CT molecular complexity index is 593. The topological polar surface area (TPSA) is 29.9 Å². The second-order valence-electron chi connectivity index (χ2n) is 4.22. The van der Waals surface area contributed by atoms with Gasteiger partial charge < -0.3 is 5.32 Å². The molecule has 0 aliphatic rings. The van der Waals surface area contributed by atoms with Crippen molar-refractivity contribution in [1.82, 2.24) is 15.1 Å². The lowest BCUT2D eigenvalue weighted by Crippen LogP contribution is -2.14. The number of nitrogens with zero attached hydrogens (tertiary/aromatic N) is 2. The quantitative estimate of drug-likeness (QED) is 0.934. The zero-order chi connectivity index (χ0) is 14.8. The molecule has 0 fully saturated rings. The van der Waals surface area contributed by atoms with Crippen molar-refractivity contribution >= 4 is 11.6 Å². The predicted octanol–water partition coefficient (Wildman–Crippen LogP) is 3.65. The Morgan fingerprint density at radius 1 is 1.35 bits per heavy atom. The molecule has 0 radical (unpaired) electrons. The van der Waals surface area contributed by atoms with Crippen LogP contribution in [0.25, 0.3) is 5.69 Å². The lowest BCUT2D eigenvalue weighted by molar-refractivity contribution is -0.137. The first-order valence-electron chi connectivity index (χ1n) is 6.03. The van der Waals surface area contributed by atoms with Crippen LogP contribution >= 0.6 is 11.6 Å². The minimum absolute atomic E-state index is 0.508. The van der Waals surface area contributed by atoms with E-state index in [0.717, 1.165) is 24.5 Å². The molecule has 0 amide bonds. The fourth-order valence-electron chi connectivity index (χ4n) is 1.78.